The number of anilines is 1. The fraction of sp³-hybridized carbons (Fsp3) is 0.455. The molecule has 2 unspecified atom stereocenters. The summed E-state index contributed by atoms with van der Waals surface area (Å²) in [4.78, 5) is 20.5. The van der Waals surface area contributed by atoms with Crippen LogP contribution in [0.3, 0.4) is 0 Å². The number of amides is 1. The Kier molecular flexibility index (Phi) is 5.50. The number of benzene rings is 1. The number of hydrogen-bond donors (Lipinski definition) is 2. The first-order valence-corrected chi connectivity index (χ1v) is 11.7. The summed E-state index contributed by atoms with van der Waals surface area (Å²) in [5, 5.41) is 15.0. The molecule has 3 heterocycles. The molecule has 1 aromatic carbocycles. The normalized spacial score (nSPS) is 17.7. The lowest BCUT2D eigenvalue weighted by atomic mass is 9.97. The van der Waals surface area contributed by atoms with Gasteiger partial charge in [-0.15, -0.1) is 22.7 Å². The van der Waals surface area contributed by atoms with Crippen molar-refractivity contribution in [2.24, 2.45) is 0 Å². The van der Waals surface area contributed by atoms with E-state index in [2.05, 4.69) is 18.3 Å². The van der Waals surface area contributed by atoms with Crippen molar-refractivity contribution >= 4 is 44.0 Å². The monoisotopic (exact) mass is 445 g/mol. The molecular weight excluding hydrogens is 418 g/mol. The van der Waals surface area contributed by atoms with Crippen molar-refractivity contribution in [2.45, 2.75) is 65.5 Å². The predicted octanol–water partition coefficient (Wildman–Crippen LogP) is 5.46. The zero-order valence-electron chi connectivity index (χ0n) is 17.9. The Morgan fingerprint density at radius 1 is 1.33 bits per heavy atom. The molecule has 0 saturated heterocycles. The second kappa shape index (κ2) is 7.83. The van der Waals surface area contributed by atoms with Gasteiger partial charge in [0, 0.05) is 16.5 Å². The minimum Gasteiger partial charge on any atom is -0.444 e. The van der Waals surface area contributed by atoms with Crippen LogP contribution in [0.2, 0.25) is 0 Å². The SMILES string of the molecule is CC(O)Nc1sc2c(c1-c1nc3ccccc3s1)CC(C)N(C(=O)OC(C)(C)C)C2. The van der Waals surface area contributed by atoms with Gasteiger partial charge in [0.2, 0.25) is 0 Å². The highest BCUT2D eigenvalue weighted by molar-refractivity contribution is 7.22. The van der Waals surface area contributed by atoms with E-state index in [4.69, 9.17) is 9.72 Å². The molecule has 160 valence electrons. The number of aliphatic hydroxyl groups excluding tert-OH is 1. The lowest BCUT2D eigenvalue weighted by Gasteiger charge is -2.35. The largest absolute Gasteiger partial charge is 0.444 e. The van der Waals surface area contributed by atoms with Crippen LogP contribution >= 0.6 is 22.7 Å². The van der Waals surface area contributed by atoms with Crippen LogP contribution in [-0.4, -0.2) is 39.0 Å². The average molecular weight is 446 g/mol. The van der Waals surface area contributed by atoms with Crippen LogP contribution in [0.5, 0.6) is 0 Å². The van der Waals surface area contributed by atoms with Crippen LogP contribution < -0.4 is 5.32 Å². The summed E-state index contributed by atoms with van der Waals surface area (Å²) in [5.74, 6) is 0. The van der Waals surface area contributed by atoms with Gasteiger partial charge in [0.25, 0.3) is 0 Å². The molecule has 0 spiro atoms. The average Bonchev–Trinajstić information content (AvgIpc) is 3.18. The number of carbonyl (C=O) groups is 1. The predicted molar refractivity (Wildman–Crippen MR) is 123 cm³/mol. The number of fused-ring (bicyclic) bond motifs is 2. The van der Waals surface area contributed by atoms with Crippen LogP contribution in [0.1, 0.15) is 45.1 Å². The number of nitrogens with zero attached hydrogens (tertiary/aromatic N) is 2. The van der Waals surface area contributed by atoms with Crippen LogP contribution in [0.25, 0.3) is 20.8 Å². The van der Waals surface area contributed by atoms with Crippen molar-refractivity contribution in [1.82, 2.24) is 9.88 Å². The number of carbonyl (C=O) groups excluding carboxylic acids is 1. The molecule has 2 aromatic heterocycles. The fourth-order valence-corrected chi connectivity index (χ4v) is 6.05. The van der Waals surface area contributed by atoms with Gasteiger partial charge in [-0.1, -0.05) is 12.1 Å². The second-order valence-corrected chi connectivity index (χ2v) is 10.8. The lowest BCUT2D eigenvalue weighted by Crippen LogP contribution is -2.44. The molecule has 1 aliphatic rings. The molecule has 0 fully saturated rings. The molecule has 8 heteroatoms. The number of hydrogen-bond acceptors (Lipinski definition) is 7. The van der Waals surface area contributed by atoms with Crippen molar-refractivity contribution < 1.29 is 14.6 Å². The summed E-state index contributed by atoms with van der Waals surface area (Å²) in [6.07, 6.45) is -0.254. The van der Waals surface area contributed by atoms with Crippen LogP contribution in [-0.2, 0) is 17.7 Å². The zero-order valence-corrected chi connectivity index (χ0v) is 19.5. The van der Waals surface area contributed by atoms with E-state index in [0.717, 1.165) is 37.1 Å². The Morgan fingerprint density at radius 2 is 2.07 bits per heavy atom. The van der Waals surface area contributed by atoms with E-state index in [0.29, 0.717) is 6.54 Å². The maximum atomic E-state index is 12.7. The molecule has 0 aliphatic carbocycles. The molecule has 30 heavy (non-hydrogen) atoms. The minimum atomic E-state index is -0.683. The number of rotatable bonds is 3. The third-order valence-electron chi connectivity index (χ3n) is 4.91. The second-order valence-electron chi connectivity index (χ2n) is 8.68. The van der Waals surface area contributed by atoms with Crippen molar-refractivity contribution in [1.29, 1.82) is 0 Å². The lowest BCUT2D eigenvalue weighted by molar-refractivity contribution is 0.0142. The van der Waals surface area contributed by atoms with E-state index in [-0.39, 0.29) is 12.1 Å². The Balaban J connectivity index is 1.75. The quantitative estimate of drug-likeness (QED) is 0.524. The molecule has 0 saturated carbocycles. The molecule has 2 N–H and O–H groups in total. The molecule has 1 amide bonds. The van der Waals surface area contributed by atoms with Crippen molar-refractivity contribution in [3.8, 4) is 10.6 Å². The van der Waals surface area contributed by atoms with Crippen molar-refractivity contribution in [3.63, 3.8) is 0 Å². The van der Waals surface area contributed by atoms with Crippen LogP contribution in [0, 0.1) is 0 Å². The minimum absolute atomic E-state index is 0.00878. The smallest absolute Gasteiger partial charge is 0.410 e. The van der Waals surface area contributed by atoms with E-state index in [1.807, 2.05) is 39.0 Å². The number of thiazole rings is 1. The summed E-state index contributed by atoms with van der Waals surface area (Å²) in [6, 6.07) is 8.11. The maximum absolute atomic E-state index is 12.7. The molecule has 6 nitrogen and oxygen atoms in total. The van der Waals surface area contributed by atoms with E-state index in [1.54, 1.807) is 34.5 Å². The summed E-state index contributed by atoms with van der Waals surface area (Å²) in [5.41, 5.74) is 2.69. The first-order chi connectivity index (χ1) is 14.1. The topological polar surface area (TPSA) is 74.7 Å². The van der Waals surface area contributed by atoms with Gasteiger partial charge >= 0.3 is 6.09 Å². The third-order valence-corrected chi connectivity index (χ3v) is 7.11. The maximum Gasteiger partial charge on any atom is 0.410 e. The van der Waals surface area contributed by atoms with Gasteiger partial charge in [0.15, 0.2) is 0 Å². The molecule has 0 radical (unpaired) electrons. The molecule has 3 aromatic rings. The Hall–Kier alpha value is -2.16. The van der Waals surface area contributed by atoms with Gasteiger partial charge in [-0.05, 0) is 58.7 Å². The van der Waals surface area contributed by atoms with Gasteiger partial charge < -0.3 is 20.1 Å². The van der Waals surface area contributed by atoms with Gasteiger partial charge in [-0.2, -0.15) is 0 Å². The third kappa shape index (κ3) is 4.17. The first-order valence-electron chi connectivity index (χ1n) is 10.1. The van der Waals surface area contributed by atoms with Crippen molar-refractivity contribution in [2.75, 3.05) is 5.32 Å². The summed E-state index contributed by atoms with van der Waals surface area (Å²) >= 11 is 3.24. The summed E-state index contributed by atoms with van der Waals surface area (Å²) in [7, 11) is 0. The number of thiophene rings is 1. The first kappa shape index (κ1) is 21.1. The standard InChI is InChI=1S/C22H27N3O3S2/c1-12-10-14-17(11-25(12)21(27)28-22(3,4)5)30-19(23-13(2)26)18(14)20-24-15-8-6-7-9-16(15)29-20/h6-9,12-13,23,26H,10-11H2,1-5H3. The zero-order chi connectivity index (χ0) is 21.6. The van der Waals surface area contributed by atoms with Gasteiger partial charge in [0.1, 0.15) is 21.8 Å². The van der Waals surface area contributed by atoms with Crippen molar-refractivity contribution in [3.05, 3.63) is 34.7 Å². The Labute approximate surface area is 184 Å². The van der Waals surface area contributed by atoms with E-state index >= 15 is 0 Å². The molecule has 2 atom stereocenters. The molecule has 0 bridgehead atoms. The van der Waals surface area contributed by atoms with Gasteiger partial charge in [-0.25, -0.2) is 9.78 Å². The van der Waals surface area contributed by atoms with E-state index in [1.165, 1.54) is 5.56 Å². The number of aromatic nitrogens is 1. The van der Waals surface area contributed by atoms with Crippen LogP contribution in [0.4, 0.5) is 9.80 Å². The highest BCUT2D eigenvalue weighted by atomic mass is 32.1. The Bertz CT molecular complexity index is 1050. The van der Waals surface area contributed by atoms with Crippen LogP contribution in [0.15, 0.2) is 24.3 Å². The number of aliphatic hydroxyl groups is 1. The number of ether oxygens (including phenoxy) is 1. The van der Waals surface area contributed by atoms with Gasteiger partial charge in [-0.3, -0.25) is 0 Å². The Morgan fingerprint density at radius 3 is 2.73 bits per heavy atom. The number of nitrogens with one attached hydrogen (secondary N) is 1. The summed E-state index contributed by atoms with van der Waals surface area (Å²) in [6.45, 7) is 9.89. The fourth-order valence-electron chi connectivity index (χ4n) is 3.63. The van der Waals surface area contributed by atoms with E-state index in [9.17, 15) is 9.90 Å². The van der Waals surface area contributed by atoms with Gasteiger partial charge in [0.05, 0.1) is 16.8 Å². The molecular formula is C22H27N3O3S2. The van der Waals surface area contributed by atoms with E-state index < -0.39 is 11.8 Å². The highest BCUT2D eigenvalue weighted by Crippen LogP contribution is 2.46. The highest BCUT2D eigenvalue weighted by Gasteiger charge is 2.35. The molecule has 1 aliphatic heterocycles. The molecule has 4 rings (SSSR count). The summed E-state index contributed by atoms with van der Waals surface area (Å²) < 4.78 is 6.75. The number of para-hydroxylation sites is 1.